The summed E-state index contributed by atoms with van der Waals surface area (Å²) >= 11 is 0. The number of hydrogen-bond acceptors (Lipinski definition) is 3. The van der Waals surface area contributed by atoms with Crippen molar-refractivity contribution in [2.75, 3.05) is 6.54 Å². The number of nitrogens with zero attached hydrogens (tertiary/aromatic N) is 1. The molecule has 1 aliphatic rings. The quantitative estimate of drug-likeness (QED) is 0.792. The topological polar surface area (TPSA) is 45.5 Å². The van der Waals surface area contributed by atoms with Crippen LogP contribution < -0.4 is 5.32 Å². The van der Waals surface area contributed by atoms with E-state index < -0.39 is 0 Å². The molecule has 1 saturated heterocycles. The summed E-state index contributed by atoms with van der Waals surface area (Å²) in [7, 11) is 0. The van der Waals surface area contributed by atoms with Crippen LogP contribution in [0.3, 0.4) is 0 Å². The van der Waals surface area contributed by atoms with Gasteiger partial charge in [-0.3, -0.25) is 4.79 Å². The molecule has 1 aliphatic heterocycles. The molecule has 2 aromatic rings. The molecule has 24 heavy (non-hydrogen) atoms. The summed E-state index contributed by atoms with van der Waals surface area (Å²) in [6, 6.07) is 10.6. The Bertz CT molecular complexity index is 681. The van der Waals surface area contributed by atoms with Crippen molar-refractivity contribution in [3.8, 4) is 0 Å². The van der Waals surface area contributed by atoms with Crippen molar-refractivity contribution in [3.05, 3.63) is 59.3 Å². The van der Waals surface area contributed by atoms with Crippen LogP contribution >= 0.6 is 0 Å². The van der Waals surface area contributed by atoms with E-state index in [0.717, 1.165) is 36.5 Å². The summed E-state index contributed by atoms with van der Waals surface area (Å²) < 4.78 is 18.5. The zero-order valence-corrected chi connectivity index (χ0v) is 13.9. The van der Waals surface area contributed by atoms with Gasteiger partial charge in [-0.05, 0) is 56.1 Å². The van der Waals surface area contributed by atoms with Gasteiger partial charge >= 0.3 is 0 Å². The zero-order chi connectivity index (χ0) is 16.9. The zero-order valence-electron chi connectivity index (χ0n) is 13.9. The third-order valence-corrected chi connectivity index (χ3v) is 4.47. The van der Waals surface area contributed by atoms with Crippen molar-refractivity contribution in [2.45, 2.75) is 45.3 Å². The lowest BCUT2D eigenvalue weighted by atomic mass is 10.1. The van der Waals surface area contributed by atoms with Crippen LogP contribution in [0, 0.1) is 12.7 Å². The van der Waals surface area contributed by atoms with Crippen LogP contribution in [0.5, 0.6) is 0 Å². The Kier molecular flexibility index (Phi) is 5.30. The smallest absolute Gasteiger partial charge is 0.223 e. The van der Waals surface area contributed by atoms with Crippen molar-refractivity contribution in [1.29, 1.82) is 0 Å². The van der Waals surface area contributed by atoms with Gasteiger partial charge in [0.05, 0.1) is 6.54 Å². The van der Waals surface area contributed by atoms with Gasteiger partial charge in [-0.1, -0.05) is 12.1 Å². The SMILES string of the molecule is Cc1ccc(CN2C(=O)CCC2CCNCc2ccc(F)cc2)o1. The normalized spacial score (nSPS) is 17.7. The van der Waals surface area contributed by atoms with Gasteiger partial charge in [-0.25, -0.2) is 4.39 Å². The molecule has 128 valence electrons. The molecule has 0 spiro atoms. The van der Waals surface area contributed by atoms with Crippen molar-refractivity contribution in [1.82, 2.24) is 10.2 Å². The molecule has 0 saturated carbocycles. The highest BCUT2D eigenvalue weighted by Crippen LogP contribution is 2.24. The van der Waals surface area contributed by atoms with Gasteiger partial charge in [0, 0.05) is 19.0 Å². The number of hydrogen-bond donors (Lipinski definition) is 1. The molecule has 1 fully saturated rings. The molecule has 1 atom stereocenters. The van der Waals surface area contributed by atoms with E-state index >= 15 is 0 Å². The average molecular weight is 330 g/mol. The van der Waals surface area contributed by atoms with Crippen molar-refractivity contribution >= 4 is 5.91 Å². The number of carbonyl (C=O) groups is 1. The van der Waals surface area contributed by atoms with Crippen LogP contribution in [0.25, 0.3) is 0 Å². The number of aryl methyl sites for hydroxylation is 1. The van der Waals surface area contributed by atoms with Crippen LogP contribution in [-0.4, -0.2) is 23.4 Å². The van der Waals surface area contributed by atoms with E-state index in [1.54, 1.807) is 12.1 Å². The second-order valence-electron chi connectivity index (χ2n) is 6.32. The maximum absolute atomic E-state index is 12.9. The van der Waals surface area contributed by atoms with Crippen LogP contribution in [0.2, 0.25) is 0 Å². The lowest BCUT2D eigenvalue weighted by Gasteiger charge is -2.24. The number of amides is 1. The van der Waals surface area contributed by atoms with E-state index in [0.29, 0.717) is 19.5 Å². The molecule has 1 aromatic heterocycles. The minimum atomic E-state index is -0.216. The molecule has 0 aliphatic carbocycles. The summed E-state index contributed by atoms with van der Waals surface area (Å²) in [6.45, 7) is 3.99. The monoisotopic (exact) mass is 330 g/mol. The Balaban J connectivity index is 1.46. The van der Waals surface area contributed by atoms with Crippen LogP contribution in [0.4, 0.5) is 4.39 Å². The molecule has 1 N–H and O–H groups in total. The van der Waals surface area contributed by atoms with E-state index in [2.05, 4.69) is 5.32 Å². The van der Waals surface area contributed by atoms with Gasteiger partial charge in [0.1, 0.15) is 17.3 Å². The highest BCUT2D eigenvalue weighted by atomic mass is 19.1. The van der Waals surface area contributed by atoms with Gasteiger partial charge in [0.2, 0.25) is 5.91 Å². The van der Waals surface area contributed by atoms with Crippen LogP contribution in [-0.2, 0) is 17.9 Å². The summed E-state index contributed by atoms with van der Waals surface area (Å²) in [5, 5.41) is 3.37. The van der Waals surface area contributed by atoms with Crippen LogP contribution in [0.1, 0.15) is 36.3 Å². The second-order valence-corrected chi connectivity index (χ2v) is 6.32. The van der Waals surface area contributed by atoms with E-state index in [-0.39, 0.29) is 17.8 Å². The van der Waals surface area contributed by atoms with Gasteiger partial charge < -0.3 is 14.6 Å². The number of halogens is 1. The minimum absolute atomic E-state index is 0.201. The number of benzene rings is 1. The average Bonchev–Trinajstić information content (AvgIpc) is 3.13. The Labute approximate surface area is 141 Å². The van der Waals surface area contributed by atoms with E-state index in [4.69, 9.17) is 4.42 Å². The van der Waals surface area contributed by atoms with E-state index in [1.165, 1.54) is 12.1 Å². The lowest BCUT2D eigenvalue weighted by molar-refractivity contribution is -0.129. The number of likely N-dealkylation sites (tertiary alicyclic amines) is 1. The minimum Gasteiger partial charge on any atom is -0.464 e. The number of nitrogens with one attached hydrogen (secondary N) is 1. The molecule has 4 nitrogen and oxygen atoms in total. The maximum Gasteiger partial charge on any atom is 0.223 e. The fourth-order valence-corrected chi connectivity index (χ4v) is 3.15. The Hall–Kier alpha value is -2.14. The number of furan rings is 1. The predicted molar refractivity (Wildman–Crippen MR) is 89.7 cm³/mol. The molecule has 2 heterocycles. The van der Waals surface area contributed by atoms with Gasteiger partial charge in [0.15, 0.2) is 0 Å². The molecule has 0 bridgehead atoms. The molecule has 3 rings (SSSR count). The largest absolute Gasteiger partial charge is 0.464 e. The standard InChI is InChI=1S/C19H23FN2O2/c1-14-2-8-18(24-14)13-22-17(7-9-19(22)23)10-11-21-12-15-3-5-16(20)6-4-15/h2-6,8,17,21H,7,9-13H2,1H3. The molecule has 1 amide bonds. The molecule has 1 aromatic carbocycles. The molecule has 0 radical (unpaired) electrons. The Morgan fingerprint density at radius 1 is 1.25 bits per heavy atom. The molecular formula is C19H23FN2O2. The Morgan fingerprint density at radius 2 is 2.04 bits per heavy atom. The van der Waals surface area contributed by atoms with Gasteiger partial charge in [-0.2, -0.15) is 0 Å². The fraction of sp³-hybridized carbons (Fsp3) is 0.421. The van der Waals surface area contributed by atoms with Gasteiger partial charge in [0.25, 0.3) is 0 Å². The summed E-state index contributed by atoms with van der Waals surface area (Å²) in [5.74, 6) is 1.70. The first-order chi connectivity index (χ1) is 11.6. The van der Waals surface area contributed by atoms with E-state index in [9.17, 15) is 9.18 Å². The molecular weight excluding hydrogens is 307 g/mol. The first-order valence-electron chi connectivity index (χ1n) is 8.42. The fourth-order valence-electron chi connectivity index (χ4n) is 3.15. The van der Waals surface area contributed by atoms with Crippen molar-refractivity contribution in [2.24, 2.45) is 0 Å². The third-order valence-electron chi connectivity index (χ3n) is 4.47. The highest BCUT2D eigenvalue weighted by molar-refractivity contribution is 5.78. The van der Waals surface area contributed by atoms with Crippen molar-refractivity contribution in [3.63, 3.8) is 0 Å². The van der Waals surface area contributed by atoms with Crippen LogP contribution in [0.15, 0.2) is 40.8 Å². The molecule has 1 unspecified atom stereocenters. The molecule has 5 heteroatoms. The second kappa shape index (κ2) is 7.62. The highest BCUT2D eigenvalue weighted by Gasteiger charge is 2.30. The number of carbonyl (C=O) groups excluding carboxylic acids is 1. The van der Waals surface area contributed by atoms with E-state index in [1.807, 2.05) is 24.0 Å². The number of rotatable bonds is 7. The summed E-state index contributed by atoms with van der Waals surface area (Å²) in [6.07, 6.45) is 2.42. The third kappa shape index (κ3) is 4.23. The van der Waals surface area contributed by atoms with Gasteiger partial charge in [-0.15, -0.1) is 0 Å². The maximum atomic E-state index is 12.9. The lowest BCUT2D eigenvalue weighted by Crippen LogP contribution is -2.34. The first kappa shape index (κ1) is 16.7. The Morgan fingerprint density at radius 3 is 2.75 bits per heavy atom. The van der Waals surface area contributed by atoms with Crippen molar-refractivity contribution < 1.29 is 13.6 Å². The summed E-state index contributed by atoms with van der Waals surface area (Å²) in [4.78, 5) is 14.0. The summed E-state index contributed by atoms with van der Waals surface area (Å²) in [5.41, 5.74) is 1.06. The predicted octanol–water partition coefficient (Wildman–Crippen LogP) is 3.40. The first-order valence-corrected chi connectivity index (χ1v) is 8.42.